The molecule has 0 unspecified atom stereocenters. The highest BCUT2D eigenvalue weighted by Gasteiger charge is 2.03. The van der Waals surface area contributed by atoms with Gasteiger partial charge in [0.15, 0.2) is 0 Å². The molecule has 0 aromatic heterocycles. The molecule has 0 saturated heterocycles. The zero-order valence-corrected chi connectivity index (χ0v) is 11.7. The van der Waals surface area contributed by atoms with Crippen molar-refractivity contribution in [2.45, 2.75) is 26.7 Å². The summed E-state index contributed by atoms with van der Waals surface area (Å²) in [6.07, 6.45) is 2.11. The van der Waals surface area contributed by atoms with Crippen LogP contribution in [0.1, 0.15) is 37.8 Å². The Balaban J connectivity index is 2.62. The summed E-state index contributed by atoms with van der Waals surface area (Å²) in [5.74, 6) is 0. The smallest absolute Gasteiger partial charge is 0.0309 e. The maximum Gasteiger partial charge on any atom is 0.0309 e. The molecule has 0 amide bonds. The molecule has 96 valence electrons. The monoisotopic (exact) mass is 248 g/mol. The first-order valence-electron chi connectivity index (χ1n) is 6.94. The van der Waals surface area contributed by atoms with Crippen LogP contribution in [-0.2, 0) is 0 Å². The molecule has 0 aliphatic rings. The van der Waals surface area contributed by atoms with Crippen LogP contribution in [0.2, 0.25) is 0 Å². The molecule has 0 aliphatic carbocycles. The topological polar surface area (TPSA) is 0 Å². The van der Waals surface area contributed by atoms with Crippen LogP contribution in [0.25, 0.3) is 5.57 Å². The molecule has 2 aromatic carbocycles. The lowest BCUT2D eigenvalue weighted by Crippen LogP contribution is -1.87. The molecule has 0 bridgehead atoms. The number of allylic oxidation sites excluding steroid dienone is 1. The Bertz CT molecular complexity index is 522. The molecule has 0 saturated carbocycles. The molecule has 0 fully saturated rings. The van der Waals surface area contributed by atoms with Crippen LogP contribution in [0.15, 0.2) is 72.0 Å². The van der Waals surface area contributed by atoms with Crippen molar-refractivity contribution in [1.82, 2.24) is 0 Å². The van der Waals surface area contributed by atoms with E-state index in [4.69, 9.17) is 0 Å². The van der Waals surface area contributed by atoms with Gasteiger partial charge >= 0.3 is 0 Å². The SMILES string of the molecule is CCC(=C=C(c1ccccc1)c1ccccc1)CC. The normalized spacial score (nSPS) is 9.79. The summed E-state index contributed by atoms with van der Waals surface area (Å²) in [7, 11) is 0. The Morgan fingerprint density at radius 2 is 1.16 bits per heavy atom. The van der Waals surface area contributed by atoms with Crippen LogP contribution in [0.3, 0.4) is 0 Å². The summed E-state index contributed by atoms with van der Waals surface area (Å²) < 4.78 is 0. The third-order valence-corrected chi connectivity index (χ3v) is 3.28. The van der Waals surface area contributed by atoms with E-state index in [1.54, 1.807) is 0 Å². The summed E-state index contributed by atoms with van der Waals surface area (Å²) >= 11 is 0. The van der Waals surface area contributed by atoms with E-state index in [-0.39, 0.29) is 0 Å². The molecular weight excluding hydrogens is 228 g/mol. The molecule has 0 heterocycles. The average molecular weight is 248 g/mol. The van der Waals surface area contributed by atoms with Gasteiger partial charge in [-0.05, 0) is 29.5 Å². The first kappa shape index (κ1) is 13.4. The molecule has 0 spiro atoms. The van der Waals surface area contributed by atoms with Gasteiger partial charge in [-0.2, -0.15) is 0 Å². The number of hydrogen-bond acceptors (Lipinski definition) is 0. The van der Waals surface area contributed by atoms with E-state index in [1.807, 2.05) is 0 Å². The van der Waals surface area contributed by atoms with Crippen LogP contribution in [0.4, 0.5) is 0 Å². The molecule has 0 radical (unpaired) electrons. The fourth-order valence-electron chi connectivity index (χ4n) is 2.12. The van der Waals surface area contributed by atoms with Gasteiger partial charge in [-0.15, -0.1) is 5.73 Å². The van der Waals surface area contributed by atoms with Gasteiger partial charge in [-0.1, -0.05) is 74.5 Å². The van der Waals surface area contributed by atoms with Gasteiger partial charge in [0.2, 0.25) is 0 Å². The Morgan fingerprint density at radius 1 is 0.737 bits per heavy atom. The summed E-state index contributed by atoms with van der Waals surface area (Å²) in [6, 6.07) is 21.0. The third-order valence-electron chi connectivity index (χ3n) is 3.28. The second-order valence-electron chi connectivity index (χ2n) is 4.54. The van der Waals surface area contributed by atoms with Crippen LogP contribution in [-0.4, -0.2) is 0 Å². The zero-order valence-electron chi connectivity index (χ0n) is 11.7. The second-order valence-corrected chi connectivity index (χ2v) is 4.54. The maximum atomic E-state index is 3.62. The van der Waals surface area contributed by atoms with Gasteiger partial charge in [0.1, 0.15) is 0 Å². The van der Waals surface area contributed by atoms with Crippen LogP contribution in [0.5, 0.6) is 0 Å². The summed E-state index contributed by atoms with van der Waals surface area (Å²) in [5, 5.41) is 0. The Hall–Kier alpha value is -2.04. The van der Waals surface area contributed by atoms with E-state index >= 15 is 0 Å². The highest BCUT2D eigenvalue weighted by atomic mass is 14.1. The van der Waals surface area contributed by atoms with Crippen LogP contribution in [0, 0.1) is 0 Å². The summed E-state index contributed by atoms with van der Waals surface area (Å²) in [5.41, 5.74) is 8.64. The van der Waals surface area contributed by atoms with Gasteiger partial charge < -0.3 is 0 Å². The van der Waals surface area contributed by atoms with E-state index in [1.165, 1.54) is 22.3 Å². The van der Waals surface area contributed by atoms with Crippen molar-refractivity contribution in [2.24, 2.45) is 0 Å². The predicted molar refractivity (Wildman–Crippen MR) is 83.0 cm³/mol. The highest BCUT2D eigenvalue weighted by molar-refractivity contribution is 5.79. The Labute approximate surface area is 116 Å². The predicted octanol–water partition coefficient (Wildman–Crippen LogP) is 5.46. The van der Waals surface area contributed by atoms with Gasteiger partial charge in [-0.3, -0.25) is 0 Å². The Morgan fingerprint density at radius 3 is 1.53 bits per heavy atom. The van der Waals surface area contributed by atoms with Gasteiger partial charge in [-0.25, -0.2) is 0 Å². The van der Waals surface area contributed by atoms with Crippen molar-refractivity contribution in [3.63, 3.8) is 0 Å². The van der Waals surface area contributed by atoms with Gasteiger partial charge in [0.05, 0.1) is 0 Å². The lowest BCUT2D eigenvalue weighted by molar-refractivity contribution is 0.982. The quantitative estimate of drug-likeness (QED) is 0.630. The molecule has 2 rings (SSSR count). The molecule has 0 aliphatic heterocycles. The molecule has 0 heteroatoms. The second kappa shape index (κ2) is 6.78. The van der Waals surface area contributed by atoms with Crippen molar-refractivity contribution in [2.75, 3.05) is 0 Å². The highest BCUT2D eigenvalue weighted by Crippen LogP contribution is 2.23. The van der Waals surface area contributed by atoms with Crippen molar-refractivity contribution >= 4 is 5.57 Å². The lowest BCUT2D eigenvalue weighted by Gasteiger charge is -2.06. The Kier molecular flexibility index (Phi) is 4.78. The summed E-state index contributed by atoms with van der Waals surface area (Å²) in [6.45, 7) is 4.39. The van der Waals surface area contributed by atoms with E-state index in [2.05, 4.69) is 80.2 Å². The zero-order chi connectivity index (χ0) is 13.5. The van der Waals surface area contributed by atoms with E-state index in [9.17, 15) is 0 Å². The van der Waals surface area contributed by atoms with Crippen LogP contribution < -0.4 is 0 Å². The maximum absolute atomic E-state index is 3.62. The third kappa shape index (κ3) is 3.47. The molecule has 0 N–H and O–H groups in total. The average Bonchev–Trinajstić information content (AvgIpc) is 2.50. The van der Waals surface area contributed by atoms with Crippen molar-refractivity contribution in [1.29, 1.82) is 0 Å². The van der Waals surface area contributed by atoms with E-state index < -0.39 is 0 Å². The van der Waals surface area contributed by atoms with Crippen LogP contribution >= 0.6 is 0 Å². The number of hydrogen-bond donors (Lipinski definition) is 0. The van der Waals surface area contributed by atoms with Gasteiger partial charge in [0.25, 0.3) is 0 Å². The molecule has 0 atom stereocenters. The standard InChI is InChI=1S/C19H20/c1-3-16(4-2)15-19(17-11-7-5-8-12-17)18-13-9-6-10-14-18/h5-14H,3-4H2,1-2H3. The minimum Gasteiger partial charge on any atom is -0.113 e. The molecule has 0 nitrogen and oxygen atoms in total. The largest absolute Gasteiger partial charge is 0.113 e. The van der Waals surface area contributed by atoms with Crippen molar-refractivity contribution in [3.05, 3.63) is 83.1 Å². The fourth-order valence-corrected chi connectivity index (χ4v) is 2.12. The lowest BCUT2D eigenvalue weighted by atomic mass is 9.97. The minimum absolute atomic E-state index is 1.06. The van der Waals surface area contributed by atoms with E-state index in [0.717, 1.165) is 12.8 Å². The first-order chi connectivity index (χ1) is 9.35. The van der Waals surface area contributed by atoms with Crippen molar-refractivity contribution in [3.8, 4) is 0 Å². The van der Waals surface area contributed by atoms with Crippen molar-refractivity contribution < 1.29 is 0 Å². The number of benzene rings is 2. The van der Waals surface area contributed by atoms with E-state index in [0.29, 0.717) is 0 Å². The molecule has 2 aromatic rings. The molecular formula is C19H20. The number of rotatable bonds is 4. The van der Waals surface area contributed by atoms with Gasteiger partial charge in [0, 0.05) is 5.57 Å². The fraction of sp³-hybridized carbons (Fsp3) is 0.211. The first-order valence-corrected chi connectivity index (χ1v) is 6.94. The molecule has 19 heavy (non-hydrogen) atoms. The minimum atomic E-state index is 1.06. The summed E-state index contributed by atoms with van der Waals surface area (Å²) in [4.78, 5) is 0.